The van der Waals surface area contributed by atoms with Crippen LogP contribution in [-0.2, 0) is 16.8 Å². The Morgan fingerprint density at radius 3 is 2.44 bits per heavy atom. The Labute approximate surface area is 155 Å². The summed E-state index contributed by atoms with van der Waals surface area (Å²) in [4.78, 5) is 18.4. The van der Waals surface area contributed by atoms with E-state index >= 15 is 0 Å². The van der Waals surface area contributed by atoms with Crippen molar-refractivity contribution in [3.8, 4) is 0 Å². The lowest BCUT2D eigenvalue weighted by atomic mass is 9.87. The van der Waals surface area contributed by atoms with Gasteiger partial charge in [0.15, 0.2) is 5.15 Å². The summed E-state index contributed by atoms with van der Waals surface area (Å²) in [6.45, 7) is 9.17. The molecule has 0 saturated heterocycles. The highest BCUT2D eigenvalue weighted by Crippen LogP contribution is 2.23. The molecule has 0 bridgehead atoms. The van der Waals surface area contributed by atoms with Gasteiger partial charge >= 0.3 is 0 Å². The lowest BCUT2D eigenvalue weighted by Gasteiger charge is -2.25. The van der Waals surface area contributed by atoms with Crippen LogP contribution in [0.5, 0.6) is 0 Å². The summed E-state index contributed by atoms with van der Waals surface area (Å²) >= 11 is 5.99. The van der Waals surface area contributed by atoms with E-state index in [-0.39, 0.29) is 17.4 Å². The molecule has 0 aliphatic rings. The lowest BCUT2D eigenvalue weighted by Crippen LogP contribution is -2.39. The molecule has 1 heterocycles. The Balaban J connectivity index is 1.98. The number of halogens is 1. The van der Waals surface area contributed by atoms with Gasteiger partial charge < -0.3 is 5.32 Å². The van der Waals surface area contributed by atoms with Crippen LogP contribution in [0, 0.1) is 0 Å². The number of amides is 1. The molecule has 4 nitrogen and oxygen atoms in total. The van der Waals surface area contributed by atoms with Crippen LogP contribution in [-0.4, -0.2) is 28.9 Å². The molecule has 2 aromatic rings. The van der Waals surface area contributed by atoms with Gasteiger partial charge in [0.1, 0.15) is 0 Å². The molecule has 134 valence electrons. The van der Waals surface area contributed by atoms with Gasteiger partial charge in [0.25, 0.3) is 0 Å². The van der Waals surface area contributed by atoms with E-state index in [1.54, 1.807) is 18.3 Å². The number of hydrogen-bond acceptors (Lipinski definition) is 3. The van der Waals surface area contributed by atoms with E-state index in [9.17, 15) is 4.79 Å². The van der Waals surface area contributed by atoms with Crippen molar-refractivity contribution in [3.05, 3.63) is 58.9 Å². The fourth-order valence-corrected chi connectivity index (χ4v) is 2.62. The Kier molecular flexibility index (Phi) is 6.20. The van der Waals surface area contributed by atoms with Crippen LogP contribution in [0.15, 0.2) is 42.6 Å². The van der Waals surface area contributed by atoms with Crippen molar-refractivity contribution in [2.75, 3.05) is 12.4 Å². The first-order valence-electron chi connectivity index (χ1n) is 8.39. The second-order valence-electron chi connectivity index (χ2n) is 7.37. The number of pyridine rings is 1. The van der Waals surface area contributed by atoms with Crippen LogP contribution in [0.4, 0.5) is 5.69 Å². The third-order valence-corrected chi connectivity index (χ3v) is 4.61. The Bertz CT molecular complexity index is 722. The number of benzene rings is 1. The molecule has 0 saturated carbocycles. The minimum absolute atomic E-state index is 0.108. The average molecular weight is 360 g/mol. The molecule has 1 atom stereocenters. The molecule has 1 aromatic heterocycles. The fraction of sp³-hybridized carbons (Fsp3) is 0.400. The van der Waals surface area contributed by atoms with Crippen molar-refractivity contribution in [1.82, 2.24) is 9.88 Å². The highest BCUT2D eigenvalue weighted by Gasteiger charge is 2.19. The number of anilines is 1. The minimum Gasteiger partial charge on any atom is -0.322 e. The standard InChI is InChI=1S/C20H26ClN3O/c1-14(19(25)23-17-7-6-12-22-18(17)21)24(5)13-15-8-10-16(11-9-15)20(2,3)4/h6-12,14H,13H2,1-5H3,(H,23,25). The quantitative estimate of drug-likeness (QED) is 0.800. The van der Waals surface area contributed by atoms with Crippen LogP contribution >= 0.6 is 11.6 Å². The summed E-state index contributed by atoms with van der Waals surface area (Å²) in [7, 11) is 1.94. The van der Waals surface area contributed by atoms with Gasteiger partial charge in [-0.2, -0.15) is 0 Å². The van der Waals surface area contributed by atoms with Crippen molar-refractivity contribution in [2.45, 2.75) is 45.7 Å². The molecule has 0 radical (unpaired) electrons. The monoisotopic (exact) mass is 359 g/mol. The molecule has 0 aliphatic carbocycles. The van der Waals surface area contributed by atoms with Crippen LogP contribution in [0.1, 0.15) is 38.8 Å². The summed E-state index contributed by atoms with van der Waals surface area (Å²) in [6, 6.07) is 11.8. The third-order valence-electron chi connectivity index (χ3n) is 4.31. The Morgan fingerprint density at radius 1 is 1.24 bits per heavy atom. The molecular weight excluding hydrogens is 334 g/mol. The highest BCUT2D eigenvalue weighted by molar-refractivity contribution is 6.32. The number of nitrogens with one attached hydrogen (secondary N) is 1. The SMILES string of the molecule is CC(C(=O)Nc1cccnc1Cl)N(C)Cc1ccc(C(C)(C)C)cc1. The number of rotatable bonds is 5. The topological polar surface area (TPSA) is 45.2 Å². The van der Waals surface area contributed by atoms with Gasteiger partial charge in [-0.1, -0.05) is 56.6 Å². The number of carbonyl (C=O) groups is 1. The molecule has 5 heteroatoms. The second kappa shape index (κ2) is 7.98. The maximum absolute atomic E-state index is 12.4. The molecule has 1 unspecified atom stereocenters. The van der Waals surface area contributed by atoms with Crippen LogP contribution in [0.2, 0.25) is 5.15 Å². The van der Waals surface area contributed by atoms with Crippen LogP contribution in [0.3, 0.4) is 0 Å². The molecule has 0 fully saturated rings. The van der Waals surface area contributed by atoms with Gasteiger partial charge in [-0.3, -0.25) is 9.69 Å². The Morgan fingerprint density at radius 2 is 1.88 bits per heavy atom. The molecule has 25 heavy (non-hydrogen) atoms. The highest BCUT2D eigenvalue weighted by atomic mass is 35.5. The summed E-state index contributed by atoms with van der Waals surface area (Å²) in [5.74, 6) is -0.108. The van der Waals surface area contributed by atoms with Gasteiger partial charge in [-0.05, 0) is 42.6 Å². The fourth-order valence-electron chi connectivity index (χ4n) is 2.45. The van der Waals surface area contributed by atoms with Crippen LogP contribution < -0.4 is 5.32 Å². The largest absolute Gasteiger partial charge is 0.322 e. The summed E-state index contributed by atoms with van der Waals surface area (Å²) < 4.78 is 0. The number of aromatic nitrogens is 1. The van der Waals surface area contributed by atoms with Gasteiger partial charge in [0.05, 0.1) is 11.7 Å². The summed E-state index contributed by atoms with van der Waals surface area (Å²) in [6.07, 6.45) is 1.59. The molecule has 1 aromatic carbocycles. The molecule has 0 spiro atoms. The van der Waals surface area contributed by atoms with Gasteiger partial charge in [0, 0.05) is 12.7 Å². The number of hydrogen-bond donors (Lipinski definition) is 1. The second-order valence-corrected chi connectivity index (χ2v) is 7.73. The predicted octanol–water partition coefficient (Wildman–Crippen LogP) is 4.49. The van der Waals surface area contributed by atoms with E-state index in [0.29, 0.717) is 17.4 Å². The molecule has 1 N–H and O–H groups in total. The maximum Gasteiger partial charge on any atom is 0.241 e. The molecule has 2 rings (SSSR count). The minimum atomic E-state index is -0.293. The first-order chi connectivity index (χ1) is 11.7. The zero-order valence-electron chi connectivity index (χ0n) is 15.5. The number of carbonyl (C=O) groups excluding carboxylic acids is 1. The van der Waals surface area contributed by atoms with E-state index in [4.69, 9.17) is 11.6 Å². The molecule has 0 aliphatic heterocycles. The third kappa shape index (κ3) is 5.28. The predicted molar refractivity (Wildman–Crippen MR) is 104 cm³/mol. The smallest absolute Gasteiger partial charge is 0.241 e. The zero-order chi connectivity index (χ0) is 18.6. The van der Waals surface area contributed by atoms with E-state index in [2.05, 4.69) is 55.3 Å². The van der Waals surface area contributed by atoms with E-state index < -0.39 is 0 Å². The Hall–Kier alpha value is -1.91. The maximum atomic E-state index is 12.4. The van der Waals surface area contributed by atoms with E-state index in [1.807, 2.05) is 18.9 Å². The lowest BCUT2D eigenvalue weighted by molar-refractivity contribution is -0.120. The molecular formula is C20H26ClN3O. The normalized spacial score (nSPS) is 12.9. The average Bonchev–Trinajstić information content (AvgIpc) is 2.55. The summed E-state index contributed by atoms with van der Waals surface area (Å²) in [5, 5.41) is 3.13. The van der Waals surface area contributed by atoms with Crippen molar-refractivity contribution in [1.29, 1.82) is 0 Å². The summed E-state index contributed by atoms with van der Waals surface area (Å²) in [5.41, 5.74) is 3.15. The first kappa shape index (κ1) is 19.4. The van der Waals surface area contributed by atoms with Crippen molar-refractivity contribution in [2.24, 2.45) is 0 Å². The van der Waals surface area contributed by atoms with Crippen molar-refractivity contribution < 1.29 is 4.79 Å². The molecule has 1 amide bonds. The first-order valence-corrected chi connectivity index (χ1v) is 8.77. The van der Waals surface area contributed by atoms with E-state index in [1.165, 1.54) is 11.1 Å². The van der Waals surface area contributed by atoms with Gasteiger partial charge in [-0.15, -0.1) is 0 Å². The van der Waals surface area contributed by atoms with Gasteiger partial charge in [-0.25, -0.2) is 4.98 Å². The van der Waals surface area contributed by atoms with Gasteiger partial charge in [0.2, 0.25) is 5.91 Å². The van der Waals surface area contributed by atoms with E-state index in [0.717, 1.165) is 0 Å². The zero-order valence-corrected chi connectivity index (χ0v) is 16.3. The van der Waals surface area contributed by atoms with Crippen LogP contribution in [0.25, 0.3) is 0 Å². The van der Waals surface area contributed by atoms with Crippen molar-refractivity contribution in [3.63, 3.8) is 0 Å². The van der Waals surface area contributed by atoms with Crippen molar-refractivity contribution >= 4 is 23.2 Å². The number of nitrogens with zero attached hydrogens (tertiary/aromatic N) is 2. The number of likely N-dealkylation sites (N-methyl/N-ethyl adjacent to an activating group) is 1.